The first-order valence-electron chi connectivity index (χ1n) is 12.2. The van der Waals surface area contributed by atoms with Crippen molar-refractivity contribution in [1.29, 1.82) is 0 Å². The second-order valence-corrected chi connectivity index (χ2v) is 10.7. The number of allylic oxidation sites excluding steroid dienone is 1. The molecular weight excluding hydrogens is 374 g/mol. The Bertz CT molecular complexity index is 771. The van der Waals surface area contributed by atoms with E-state index in [1.54, 1.807) is 6.26 Å². The number of fused-ring (bicyclic) bond motifs is 2. The fraction of sp³-hybridized carbons (Fsp3) is 0.731. The zero-order valence-corrected chi connectivity index (χ0v) is 18.4. The molecule has 0 bridgehead atoms. The molecule has 30 heavy (non-hydrogen) atoms. The standard InChI is InChI=1S/C26H37NO3/c1-17-7-5-11-26(2)15-24-20(14-22(17)26)21(25(28)30-24)16-27-23-10-4-3-8-18(23)13-19-9-6-12-29-19/h6,9,12,18,20-24,27H,1,3-5,7-8,10-11,13-16H2,2H3/t18?,20-,21?,22?,23?,24-,26-/m1/s1. The van der Waals surface area contributed by atoms with Gasteiger partial charge in [0.15, 0.2) is 0 Å². The van der Waals surface area contributed by atoms with E-state index in [-0.39, 0.29) is 23.4 Å². The molecule has 4 nitrogen and oxygen atoms in total. The molecule has 1 saturated heterocycles. The van der Waals surface area contributed by atoms with Crippen LogP contribution in [0.15, 0.2) is 35.0 Å². The maximum atomic E-state index is 12.8. The maximum Gasteiger partial charge on any atom is 0.310 e. The molecule has 7 atom stereocenters. The summed E-state index contributed by atoms with van der Waals surface area (Å²) < 4.78 is 11.6. The van der Waals surface area contributed by atoms with E-state index in [4.69, 9.17) is 9.15 Å². The van der Waals surface area contributed by atoms with Crippen LogP contribution in [0, 0.1) is 29.1 Å². The summed E-state index contributed by atoms with van der Waals surface area (Å²) in [5.74, 6) is 2.61. The maximum absolute atomic E-state index is 12.8. The van der Waals surface area contributed by atoms with E-state index in [0.717, 1.165) is 38.0 Å². The topological polar surface area (TPSA) is 51.5 Å². The first-order chi connectivity index (χ1) is 14.5. The Balaban J connectivity index is 1.24. The molecule has 0 aromatic carbocycles. The largest absolute Gasteiger partial charge is 0.469 e. The fourth-order valence-corrected chi connectivity index (χ4v) is 7.18. The lowest BCUT2D eigenvalue weighted by atomic mass is 9.55. The van der Waals surface area contributed by atoms with Crippen LogP contribution in [0.4, 0.5) is 0 Å². The van der Waals surface area contributed by atoms with Gasteiger partial charge in [-0.25, -0.2) is 0 Å². The van der Waals surface area contributed by atoms with Gasteiger partial charge in [-0.05, 0) is 74.3 Å². The molecule has 3 saturated carbocycles. The highest BCUT2D eigenvalue weighted by atomic mass is 16.6. The highest BCUT2D eigenvalue weighted by molar-refractivity contribution is 5.75. The smallest absolute Gasteiger partial charge is 0.310 e. The summed E-state index contributed by atoms with van der Waals surface area (Å²) in [5.41, 5.74) is 1.69. The van der Waals surface area contributed by atoms with Crippen molar-refractivity contribution in [2.45, 2.75) is 83.3 Å². The van der Waals surface area contributed by atoms with Crippen molar-refractivity contribution in [2.24, 2.45) is 29.1 Å². The van der Waals surface area contributed by atoms with Gasteiger partial charge in [-0.1, -0.05) is 31.9 Å². The third kappa shape index (κ3) is 3.77. The Labute approximate surface area is 180 Å². The Morgan fingerprint density at radius 1 is 1.27 bits per heavy atom. The van der Waals surface area contributed by atoms with Gasteiger partial charge in [0.2, 0.25) is 0 Å². The van der Waals surface area contributed by atoms with Gasteiger partial charge < -0.3 is 14.5 Å². The number of hydrogen-bond acceptors (Lipinski definition) is 4. The van der Waals surface area contributed by atoms with Crippen molar-refractivity contribution in [3.63, 3.8) is 0 Å². The van der Waals surface area contributed by atoms with Gasteiger partial charge >= 0.3 is 5.97 Å². The molecule has 1 aromatic heterocycles. The number of esters is 1. The number of furan rings is 1. The predicted octanol–water partition coefficient (Wildman–Crippen LogP) is 5.28. The van der Waals surface area contributed by atoms with Gasteiger partial charge in [-0.3, -0.25) is 4.79 Å². The van der Waals surface area contributed by atoms with Crippen LogP contribution in [-0.4, -0.2) is 24.7 Å². The van der Waals surface area contributed by atoms with E-state index in [0.29, 0.717) is 23.8 Å². The first-order valence-corrected chi connectivity index (χ1v) is 12.2. The summed E-state index contributed by atoms with van der Waals surface area (Å²) in [6.45, 7) is 7.58. The number of carbonyl (C=O) groups is 1. The van der Waals surface area contributed by atoms with Crippen molar-refractivity contribution >= 4 is 5.97 Å². The van der Waals surface area contributed by atoms with Crippen LogP contribution in [-0.2, 0) is 16.0 Å². The predicted molar refractivity (Wildman–Crippen MR) is 117 cm³/mol. The monoisotopic (exact) mass is 411 g/mol. The summed E-state index contributed by atoms with van der Waals surface area (Å²) in [6, 6.07) is 4.53. The molecule has 5 rings (SSSR count). The minimum atomic E-state index is 0.000431. The number of nitrogens with one attached hydrogen (secondary N) is 1. The molecule has 1 N–H and O–H groups in total. The van der Waals surface area contributed by atoms with Crippen LogP contribution in [0.5, 0.6) is 0 Å². The van der Waals surface area contributed by atoms with Crippen molar-refractivity contribution in [3.05, 3.63) is 36.3 Å². The molecule has 0 amide bonds. The molecule has 164 valence electrons. The summed E-state index contributed by atoms with van der Waals surface area (Å²) in [4.78, 5) is 12.8. The highest BCUT2D eigenvalue weighted by Crippen LogP contribution is 2.56. The van der Waals surface area contributed by atoms with Crippen LogP contribution in [0.1, 0.15) is 70.5 Å². The zero-order chi connectivity index (χ0) is 20.7. The van der Waals surface area contributed by atoms with Crippen LogP contribution >= 0.6 is 0 Å². The third-order valence-corrected chi connectivity index (χ3v) is 8.87. The molecule has 3 aliphatic carbocycles. The molecule has 0 radical (unpaired) electrons. The lowest BCUT2D eigenvalue weighted by Gasteiger charge is -2.50. The number of ether oxygens (including phenoxy) is 1. The van der Waals surface area contributed by atoms with E-state index >= 15 is 0 Å². The van der Waals surface area contributed by atoms with Crippen molar-refractivity contribution in [2.75, 3.05) is 6.54 Å². The fourth-order valence-electron chi connectivity index (χ4n) is 7.18. The van der Waals surface area contributed by atoms with Crippen molar-refractivity contribution < 1.29 is 13.9 Å². The molecule has 2 heterocycles. The minimum Gasteiger partial charge on any atom is -0.469 e. The van der Waals surface area contributed by atoms with E-state index < -0.39 is 0 Å². The van der Waals surface area contributed by atoms with Gasteiger partial charge in [0.1, 0.15) is 11.9 Å². The number of hydrogen-bond donors (Lipinski definition) is 1. The Morgan fingerprint density at radius 2 is 2.13 bits per heavy atom. The highest BCUT2D eigenvalue weighted by Gasteiger charge is 2.55. The normalized spacial score (nSPS) is 41.2. The molecule has 1 aliphatic heterocycles. The quantitative estimate of drug-likeness (QED) is 0.529. The third-order valence-electron chi connectivity index (χ3n) is 8.87. The van der Waals surface area contributed by atoms with Crippen molar-refractivity contribution in [3.8, 4) is 0 Å². The van der Waals surface area contributed by atoms with E-state index in [1.807, 2.05) is 6.07 Å². The average Bonchev–Trinajstić information content (AvgIpc) is 3.33. The number of carbonyl (C=O) groups excluding carboxylic acids is 1. The van der Waals surface area contributed by atoms with Gasteiger partial charge in [0, 0.05) is 24.9 Å². The lowest BCUT2D eigenvalue weighted by molar-refractivity contribution is -0.146. The molecule has 0 spiro atoms. The van der Waals surface area contributed by atoms with Crippen molar-refractivity contribution in [1.82, 2.24) is 5.32 Å². The van der Waals surface area contributed by atoms with E-state index in [2.05, 4.69) is 24.9 Å². The van der Waals surface area contributed by atoms with Crippen LogP contribution in [0.3, 0.4) is 0 Å². The minimum absolute atomic E-state index is 0.000431. The second kappa shape index (κ2) is 8.18. The second-order valence-electron chi connectivity index (χ2n) is 10.7. The Hall–Kier alpha value is -1.55. The van der Waals surface area contributed by atoms with Crippen LogP contribution in [0.25, 0.3) is 0 Å². The Kier molecular flexibility index (Phi) is 5.55. The number of rotatable bonds is 5. The van der Waals surface area contributed by atoms with Gasteiger partial charge in [-0.15, -0.1) is 0 Å². The average molecular weight is 412 g/mol. The molecule has 4 unspecified atom stereocenters. The summed E-state index contributed by atoms with van der Waals surface area (Å²) in [6.07, 6.45) is 13.6. The van der Waals surface area contributed by atoms with Gasteiger partial charge in [0.05, 0.1) is 12.2 Å². The van der Waals surface area contributed by atoms with E-state index in [9.17, 15) is 4.79 Å². The molecule has 4 aliphatic rings. The van der Waals surface area contributed by atoms with Crippen LogP contribution < -0.4 is 5.32 Å². The molecular formula is C26H37NO3. The van der Waals surface area contributed by atoms with Crippen LogP contribution in [0.2, 0.25) is 0 Å². The molecule has 4 heteroatoms. The SMILES string of the molecule is C=C1CCC[C@]2(C)C[C@H]3OC(=O)C(CNC4CCCCC4Cc4ccco4)[C@H]3CC12. The zero-order valence-electron chi connectivity index (χ0n) is 18.4. The first kappa shape index (κ1) is 20.4. The lowest BCUT2D eigenvalue weighted by Crippen LogP contribution is -2.47. The van der Waals surface area contributed by atoms with Gasteiger partial charge in [0.25, 0.3) is 0 Å². The molecule has 1 aromatic rings. The van der Waals surface area contributed by atoms with E-state index in [1.165, 1.54) is 44.1 Å². The summed E-state index contributed by atoms with van der Waals surface area (Å²) in [7, 11) is 0. The molecule has 4 fully saturated rings. The van der Waals surface area contributed by atoms with Gasteiger partial charge in [-0.2, -0.15) is 0 Å². The Morgan fingerprint density at radius 3 is 2.97 bits per heavy atom. The summed E-state index contributed by atoms with van der Waals surface area (Å²) >= 11 is 0. The summed E-state index contributed by atoms with van der Waals surface area (Å²) in [5, 5.41) is 3.82.